The predicted molar refractivity (Wildman–Crippen MR) is 92.3 cm³/mol. The number of amides is 1. The summed E-state index contributed by atoms with van der Waals surface area (Å²) in [6, 6.07) is 8.32. The molecular weight excluding hydrogens is 319 g/mol. The zero-order chi connectivity index (χ0) is 17.2. The number of nitrogens with one attached hydrogen (secondary N) is 1. The Labute approximate surface area is 144 Å². The fourth-order valence-electron chi connectivity index (χ4n) is 3.45. The number of hydrogen-bond donors (Lipinski definition) is 1. The minimum absolute atomic E-state index is 0.0552. The average Bonchev–Trinajstić information content (AvgIpc) is 3.26. The molecule has 1 amide bonds. The summed E-state index contributed by atoms with van der Waals surface area (Å²) in [5.74, 6) is 0.584. The van der Waals surface area contributed by atoms with Crippen molar-refractivity contribution in [2.24, 2.45) is 0 Å². The Kier molecular flexibility index (Phi) is 4.17. The van der Waals surface area contributed by atoms with Gasteiger partial charge in [0.2, 0.25) is 5.91 Å². The van der Waals surface area contributed by atoms with E-state index in [4.69, 9.17) is 0 Å². The van der Waals surface area contributed by atoms with Crippen LogP contribution in [0.15, 0.2) is 42.7 Å². The Balaban J connectivity index is 1.50. The first-order chi connectivity index (χ1) is 12.2. The van der Waals surface area contributed by atoms with Crippen LogP contribution in [0.25, 0.3) is 11.0 Å². The van der Waals surface area contributed by atoms with Gasteiger partial charge >= 0.3 is 0 Å². The molecule has 0 unspecified atom stereocenters. The molecule has 4 rings (SSSR count). The van der Waals surface area contributed by atoms with Gasteiger partial charge in [-0.05, 0) is 55.2 Å². The minimum atomic E-state index is -0.292. The number of nitrogens with zero attached hydrogens (tertiary/aromatic N) is 3. The number of imidazole rings is 1. The molecular formula is C19H19FN4O. The molecule has 1 aromatic carbocycles. The van der Waals surface area contributed by atoms with Crippen molar-refractivity contribution in [3.8, 4) is 0 Å². The molecule has 0 saturated carbocycles. The number of aryl methyl sites for hydroxylation is 1. The van der Waals surface area contributed by atoms with Gasteiger partial charge in [-0.2, -0.15) is 0 Å². The second-order valence-electron chi connectivity index (χ2n) is 6.38. The van der Waals surface area contributed by atoms with Gasteiger partial charge in [-0.1, -0.05) is 0 Å². The van der Waals surface area contributed by atoms with E-state index < -0.39 is 0 Å². The highest BCUT2D eigenvalue weighted by Crippen LogP contribution is 2.32. The summed E-state index contributed by atoms with van der Waals surface area (Å²) < 4.78 is 13.4. The molecule has 0 bridgehead atoms. The number of hydrogen-bond acceptors (Lipinski definition) is 3. The first-order valence-electron chi connectivity index (χ1n) is 8.54. The Bertz CT molecular complexity index is 893. The summed E-state index contributed by atoms with van der Waals surface area (Å²) >= 11 is 0. The monoisotopic (exact) mass is 338 g/mol. The number of carbonyl (C=O) groups excluding carboxylic acids is 1. The molecule has 128 valence electrons. The van der Waals surface area contributed by atoms with E-state index >= 15 is 0 Å². The number of H-pyrrole nitrogens is 1. The lowest BCUT2D eigenvalue weighted by molar-refractivity contribution is -0.132. The standard InChI is InChI=1S/C19H19FN4O/c20-14-4-5-15-16(12-14)23-19(22-15)17-2-1-11-24(17)18(25)6-3-13-7-9-21-10-8-13/h4-5,7-10,12,17H,1-3,6,11H2,(H,22,23)/t17-/m0/s1. The normalized spacial score (nSPS) is 17.3. The third-order valence-corrected chi connectivity index (χ3v) is 4.73. The fraction of sp³-hybridized carbons (Fsp3) is 0.316. The molecule has 2 aromatic heterocycles. The van der Waals surface area contributed by atoms with Crippen LogP contribution in [0.4, 0.5) is 4.39 Å². The smallest absolute Gasteiger partial charge is 0.223 e. The summed E-state index contributed by atoms with van der Waals surface area (Å²) in [6.07, 6.45) is 6.49. The highest BCUT2D eigenvalue weighted by atomic mass is 19.1. The first kappa shape index (κ1) is 15.7. The van der Waals surface area contributed by atoms with Gasteiger partial charge in [0.15, 0.2) is 0 Å². The van der Waals surface area contributed by atoms with Crippen molar-refractivity contribution in [1.82, 2.24) is 19.9 Å². The van der Waals surface area contributed by atoms with E-state index in [9.17, 15) is 9.18 Å². The van der Waals surface area contributed by atoms with Gasteiger partial charge in [0.25, 0.3) is 0 Å². The summed E-state index contributed by atoms with van der Waals surface area (Å²) in [6.45, 7) is 0.741. The second-order valence-corrected chi connectivity index (χ2v) is 6.38. The fourth-order valence-corrected chi connectivity index (χ4v) is 3.45. The maximum absolute atomic E-state index is 13.4. The van der Waals surface area contributed by atoms with Crippen molar-refractivity contribution in [1.29, 1.82) is 0 Å². The van der Waals surface area contributed by atoms with E-state index in [0.717, 1.165) is 36.3 Å². The van der Waals surface area contributed by atoms with Crippen molar-refractivity contribution < 1.29 is 9.18 Å². The molecule has 5 nitrogen and oxygen atoms in total. The van der Waals surface area contributed by atoms with E-state index in [0.29, 0.717) is 18.4 Å². The van der Waals surface area contributed by atoms with Crippen molar-refractivity contribution in [3.05, 3.63) is 59.9 Å². The number of rotatable bonds is 4. The number of likely N-dealkylation sites (tertiary alicyclic amines) is 1. The highest BCUT2D eigenvalue weighted by Gasteiger charge is 2.31. The topological polar surface area (TPSA) is 61.9 Å². The van der Waals surface area contributed by atoms with E-state index in [1.54, 1.807) is 18.5 Å². The summed E-state index contributed by atoms with van der Waals surface area (Å²) in [4.78, 5) is 26.3. The van der Waals surface area contributed by atoms with E-state index in [1.807, 2.05) is 17.0 Å². The molecule has 1 aliphatic rings. The van der Waals surface area contributed by atoms with Crippen LogP contribution in [-0.2, 0) is 11.2 Å². The first-order valence-corrected chi connectivity index (χ1v) is 8.54. The molecule has 1 saturated heterocycles. The third-order valence-electron chi connectivity index (χ3n) is 4.73. The van der Waals surface area contributed by atoms with E-state index in [2.05, 4.69) is 15.0 Å². The summed E-state index contributed by atoms with van der Waals surface area (Å²) in [5, 5.41) is 0. The SMILES string of the molecule is O=C(CCc1ccncc1)N1CCC[C@H]1c1nc2ccc(F)cc2[nH]1. The van der Waals surface area contributed by atoms with Crippen LogP contribution >= 0.6 is 0 Å². The van der Waals surface area contributed by atoms with Gasteiger partial charge in [0.05, 0.1) is 17.1 Å². The molecule has 0 radical (unpaired) electrons. The van der Waals surface area contributed by atoms with Crippen LogP contribution in [0.3, 0.4) is 0 Å². The minimum Gasteiger partial charge on any atom is -0.340 e. The van der Waals surface area contributed by atoms with Crippen molar-refractivity contribution >= 4 is 16.9 Å². The lowest BCUT2D eigenvalue weighted by atomic mass is 10.1. The Morgan fingerprint density at radius 2 is 2.12 bits per heavy atom. The van der Waals surface area contributed by atoms with E-state index in [-0.39, 0.29) is 17.8 Å². The lowest BCUT2D eigenvalue weighted by Gasteiger charge is -2.23. The van der Waals surface area contributed by atoms with Crippen LogP contribution < -0.4 is 0 Å². The number of pyridine rings is 1. The Morgan fingerprint density at radius 1 is 1.28 bits per heavy atom. The molecule has 1 atom stereocenters. The maximum atomic E-state index is 13.4. The van der Waals surface area contributed by atoms with Crippen LogP contribution in [0, 0.1) is 5.82 Å². The number of benzene rings is 1. The van der Waals surface area contributed by atoms with Gasteiger partial charge < -0.3 is 9.88 Å². The third kappa shape index (κ3) is 3.24. The number of fused-ring (bicyclic) bond motifs is 1. The van der Waals surface area contributed by atoms with Gasteiger partial charge in [0.1, 0.15) is 11.6 Å². The summed E-state index contributed by atoms with van der Waals surface area (Å²) in [5.41, 5.74) is 2.51. The lowest BCUT2D eigenvalue weighted by Crippen LogP contribution is -2.31. The summed E-state index contributed by atoms with van der Waals surface area (Å²) in [7, 11) is 0. The molecule has 0 aliphatic carbocycles. The largest absolute Gasteiger partial charge is 0.340 e. The second kappa shape index (κ2) is 6.63. The van der Waals surface area contributed by atoms with Crippen LogP contribution in [-0.4, -0.2) is 32.3 Å². The van der Waals surface area contributed by atoms with Crippen molar-refractivity contribution in [2.75, 3.05) is 6.54 Å². The predicted octanol–water partition coefficient (Wildman–Crippen LogP) is 3.39. The zero-order valence-electron chi connectivity index (χ0n) is 13.8. The van der Waals surface area contributed by atoms with Gasteiger partial charge in [0, 0.05) is 25.4 Å². The number of carbonyl (C=O) groups is 1. The molecule has 3 aromatic rings. The molecule has 25 heavy (non-hydrogen) atoms. The number of aromatic amines is 1. The average molecular weight is 338 g/mol. The quantitative estimate of drug-likeness (QED) is 0.793. The zero-order valence-corrected chi connectivity index (χ0v) is 13.8. The van der Waals surface area contributed by atoms with Gasteiger partial charge in [-0.15, -0.1) is 0 Å². The Hall–Kier alpha value is -2.76. The molecule has 3 heterocycles. The van der Waals surface area contributed by atoms with Crippen LogP contribution in [0.2, 0.25) is 0 Å². The molecule has 1 aliphatic heterocycles. The molecule has 6 heteroatoms. The molecule has 1 fully saturated rings. The molecule has 1 N–H and O–H groups in total. The molecule has 0 spiro atoms. The Morgan fingerprint density at radius 3 is 2.96 bits per heavy atom. The number of halogens is 1. The number of aromatic nitrogens is 3. The van der Waals surface area contributed by atoms with Crippen molar-refractivity contribution in [3.63, 3.8) is 0 Å². The van der Waals surface area contributed by atoms with Crippen LogP contribution in [0.1, 0.15) is 36.7 Å². The maximum Gasteiger partial charge on any atom is 0.223 e. The van der Waals surface area contributed by atoms with E-state index in [1.165, 1.54) is 12.1 Å². The highest BCUT2D eigenvalue weighted by molar-refractivity contribution is 5.78. The van der Waals surface area contributed by atoms with Gasteiger partial charge in [-0.25, -0.2) is 9.37 Å². The van der Waals surface area contributed by atoms with Crippen LogP contribution in [0.5, 0.6) is 0 Å². The van der Waals surface area contributed by atoms with Crippen molar-refractivity contribution in [2.45, 2.75) is 31.7 Å². The van der Waals surface area contributed by atoms with Gasteiger partial charge in [-0.3, -0.25) is 9.78 Å².